The van der Waals surface area contributed by atoms with E-state index in [0.717, 1.165) is 16.8 Å². The third kappa shape index (κ3) is 6.35. The lowest BCUT2D eigenvalue weighted by atomic mass is 9.92. The highest BCUT2D eigenvalue weighted by atomic mass is 35.5. The number of rotatable bonds is 8. The van der Waals surface area contributed by atoms with Crippen LogP contribution in [-0.2, 0) is 5.60 Å². The van der Waals surface area contributed by atoms with Crippen molar-refractivity contribution in [3.05, 3.63) is 99.6 Å². The first-order valence-electron chi connectivity index (χ1n) is 12.7. The standard InChI is InChI=1S/C30H33ClN4O3/c1-21-3-5-22(6-4-21)28-19-34(14-15-35(28)27-12-11-26(31)17-24(27)18-32)20-30(2,38)25-9-7-23(8-10-25)29(37)33-13-16-36/h3-12,17,28,36,38H,13-16,19-20H2,1-2H3,(H,33,37)/t28-,30+/m0/s1. The largest absolute Gasteiger partial charge is 0.395 e. The fourth-order valence-corrected chi connectivity index (χ4v) is 5.14. The number of β-amino-alcohol motifs (C(OH)–C–C–N with tert-alkyl or cyclic N) is 1. The van der Waals surface area contributed by atoms with Crippen LogP contribution in [0.25, 0.3) is 0 Å². The van der Waals surface area contributed by atoms with Crippen molar-refractivity contribution in [2.24, 2.45) is 0 Å². The fourth-order valence-electron chi connectivity index (χ4n) is 4.97. The molecular weight excluding hydrogens is 500 g/mol. The van der Waals surface area contributed by atoms with Crippen molar-refractivity contribution in [2.45, 2.75) is 25.5 Å². The van der Waals surface area contributed by atoms with E-state index >= 15 is 0 Å². The van der Waals surface area contributed by atoms with Crippen molar-refractivity contribution < 1.29 is 15.0 Å². The average molecular weight is 533 g/mol. The van der Waals surface area contributed by atoms with Gasteiger partial charge in [0.25, 0.3) is 5.91 Å². The molecule has 0 aliphatic carbocycles. The Bertz CT molecular complexity index is 1300. The molecule has 1 heterocycles. The zero-order chi connectivity index (χ0) is 27.3. The Morgan fingerprint density at radius 3 is 2.50 bits per heavy atom. The Hall–Kier alpha value is -3.41. The highest BCUT2D eigenvalue weighted by Crippen LogP contribution is 2.35. The van der Waals surface area contributed by atoms with E-state index < -0.39 is 5.60 Å². The smallest absolute Gasteiger partial charge is 0.251 e. The van der Waals surface area contributed by atoms with E-state index in [0.29, 0.717) is 42.3 Å². The first kappa shape index (κ1) is 27.6. The van der Waals surface area contributed by atoms with Crippen LogP contribution in [0.5, 0.6) is 0 Å². The van der Waals surface area contributed by atoms with E-state index in [1.165, 1.54) is 5.56 Å². The molecule has 0 bridgehead atoms. The molecule has 198 valence electrons. The lowest BCUT2D eigenvalue weighted by Crippen LogP contribution is -2.52. The van der Waals surface area contributed by atoms with Gasteiger partial charge in [0, 0.05) is 43.3 Å². The van der Waals surface area contributed by atoms with Gasteiger partial charge in [0.1, 0.15) is 6.07 Å². The Labute approximate surface area is 228 Å². The van der Waals surface area contributed by atoms with E-state index in [9.17, 15) is 15.2 Å². The molecule has 0 saturated carbocycles. The second-order valence-corrected chi connectivity index (χ2v) is 10.4. The SMILES string of the molecule is Cc1ccc([C@@H]2CN(C[C@@](C)(O)c3ccc(C(=O)NCCO)cc3)CCN2c2ccc(Cl)cc2C#N)cc1. The molecule has 8 heteroatoms. The number of benzene rings is 3. The number of nitrogens with one attached hydrogen (secondary N) is 1. The van der Waals surface area contributed by atoms with Gasteiger partial charge in [-0.25, -0.2) is 0 Å². The van der Waals surface area contributed by atoms with Crippen LogP contribution in [-0.4, -0.2) is 60.4 Å². The third-order valence-corrected chi connectivity index (χ3v) is 7.25. The fraction of sp³-hybridized carbons (Fsp3) is 0.333. The number of aryl methyl sites for hydroxylation is 1. The quantitative estimate of drug-likeness (QED) is 0.405. The van der Waals surface area contributed by atoms with Crippen LogP contribution in [0.2, 0.25) is 5.02 Å². The van der Waals surface area contributed by atoms with Crippen molar-refractivity contribution in [1.29, 1.82) is 5.26 Å². The monoisotopic (exact) mass is 532 g/mol. The maximum Gasteiger partial charge on any atom is 0.251 e. The summed E-state index contributed by atoms with van der Waals surface area (Å²) in [5, 5.41) is 33.3. The number of nitriles is 1. The van der Waals surface area contributed by atoms with Crippen LogP contribution >= 0.6 is 11.6 Å². The summed E-state index contributed by atoms with van der Waals surface area (Å²) < 4.78 is 0. The van der Waals surface area contributed by atoms with E-state index in [-0.39, 0.29) is 25.1 Å². The minimum atomic E-state index is -1.14. The van der Waals surface area contributed by atoms with Crippen LogP contribution in [0.3, 0.4) is 0 Å². The van der Waals surface area contributed by atoms with E-state index in [2.05, 4.69) is 52.4 Å². The highest BCUT2D eigenvalue weighted by Gasteiger charge is 2.34. The second-order valence-electron chi connectivity index (χ2n) is 9.96. The normalized spacial score (nSPS) is 17.5. The number of halogens is 1. The summed E-state index contributed by atoms with van der Waals surface area (Å²) in [5.74, 6) is -0.263. The number of hydrogen-bond donors (Lipinski definition) is 3. The number of anilines is 1. The minimum Gasteiger partial charge on any atom is -0.395 e. The van der Waals surface area contributed by atoms with E-state index in [4.69, 9.17) is 16.7 Å². The van der Waals surface area contributed by atoms with Crippen LogP contribution in [0.15, 0.2) is 66.7 Å². The third-order valence-electron chi connectivity index (χ3n) is 7.01. The average Bonchev–Trinajstić information content (AvgIpc) is 2.92. The number of nitrogens with zero attached hydrogens (tertiary/aromatic N) is 3. The number of carbonyl (C=O) groups excluding carboxylic acids is 1. The van der Waals surface area contributed by atoms with Gasteiger partial charge in [-0.2, -0.15) is 5.26 Å². The van der Waals surface area contributed by atoms with Crippen LogP contribution in [0.1, 0.15) is 45.6 Å². The van der Waals surface area contributed by atoms with Crippen LogP contribution < -0.4 is 10.2 Å². The molecule has 4 rings (SSSR count). The lowest BCUT2D eigenvalue weighted by Gasteiger charge is -2.45. The minimum absolute atomic E-state index is 0.0222. The number of hydrogen-bond acceptors (Lipinski definition) is 6. The Morgan fingerprint density at radius 2 is 1.84 bits per heavy atom. The molecule has 0 radical (unpaired) electrons. The molecule has 2 atom stereocenters. The summed E-state index contributed by atoms with van der Waals surface area (Å²) in [6.45, 7) is 6.36. The van der Waals surface area contributed by atoms with Crippen LogP contribution in [0, 0.1) is 18.3 Å². The zero-order valence-electron chi connectivity index (χ0n) is 21.7. The van der Waals surface area contributed by atoms with Gasteiger partial charge in [0.15, 0.2) is 0 Å². The molecular formula is C30H33ClN4O3. The van der Waals surface area contributed by atoms with Gasteiger partial charge >= 0.3 is 0 Å². The van der Waals surface area contributed by atoms with Crippen molar-refractivity contribution in [3.63, 3.8) is 0 Å². The topological polar surface area (TPSA) is 99.8 Å². The molecule has 3 N–H and O–H groups in total. The van der Waals surface area contributed by atoms with Gasteiger partial charge in [-0.1, -0.05) is 53.6 Å². The van der Waals surface area contributed by atoms with Gasteiger partial charge in [-0.15, -0.1) is 0 Å². The van der Waals surface area contributed by atoms with Gasteiger partial charge < -0.3 is 20.4 Å². The Morgan fingerprint density at radius 1 is 1.13 bits per heavy atom. The maximum atomic E-state index is 12.2. The van der Waals surface area contributed by atoms with Crippen LogP contribution in [0.4, 0.5) is 5.69 Å². The molecule has 3 aromatic carbocycles. The summed E-state index contributed by atoms with van der Waals surface area (Å²) in [6, 6.07) is 23.0. The molecule has 1 aliphatic rings. The highest BCUT2D eigenvalue weighted by molar-refractivity contribution is 6.30. The molecule has 0 aromatic heterocycles. The van der Waals surface area contributed by atoms with Crippen molar-refractivity contribution in [3.8, 4) is 6.07 Å². The van der Waals surface area contributed by atoms with Crippen molar-refractivity contribution in [1.82, 2.24) is 10.2 Å². The summed E-state index contributed by atoms with van der Waals surface area (Å²) in [4.78, 5) is 16.7. The number of aliphatic hydroxyl groups excluding tert-OH is 1. The molecule has 38 heavy (non-hydrogen) atoms. The summed E-state index contributed by atoms with van der Waals surface area (Å²) in [6.07, 6.45) is 0. The predicted octanol–water partition coefficient (Wildman–Crippen LogP) is 4.01. The lowest BCUT2D eigenvalue weighted by molar-refractivity contribution is 0.0103. The Balaban J connectivity index is 1.55. The summed E-state index contributed by atoms with van der Waals surface area (Å²) in [5.41, 5.74) is 3.75. The molecule has 1 fully saturated rings. The Kier molecular flexibility index (Phi) is 8.70. The molecule has 1 saturated heterocycles. The molecule has 1 amide bonds. The molecule has 3 aromatic rings. The molecule has 0 unspecified atom stereocenters. The number of aliphatic hydroxyl groups is 2. The van der Waals surface area contributed by atoms with E-state index in [1.807, 2.05) is 12.1 Å². The number of amides is 1. The van der Waals surface area contributed by atoms with Gasteiger partial charge in [0.2, 0.25) is 0 Å². The molecule has 0 spiro atoms. The molecule has 7 nitrogen and oxygen atoms in total. The van der Waals surface area contributed by atoms with Gasteiger partial charge in [-0.3, -0.25) is 9.69 Å². The first-order valence-corrected chi connectivity index (χ1v) is 13.1. The van der Waals surface area contributed by atoms with Crippen molar-refractivity contribution in [2.75, 3.05) is 44.2 Å². The summed E-state index contributed by atoms with van der Waals surface area (Å²) in [7, 11) is 0. The first-order chi connectivity index (χ1) is 18.2. The zero-order valence-corrected chi connectivity index (χ0v) is 22.4. The molecule has 1 aliphatic heterocycles. The van der Waals surface area contributed by atoms with E-state index in [1.54, 1.807) is 37.3 Å². The summed E-state index contributed by atoms with van der Waals surface area (Å²) >= 11 is 6.17. The number of piperazine rings is 1. The maximum absolute atomic E-state index is 12.2. The van der Waals surface area contributed by atoms with Gasteiger partial charge in [-0.05, 0) is 55.3 Å². The van der Waals surface area contributed by atoms with Gasteiger partial charge in [0.05, 0.1) is 29.5 Å². The van der Waals surface area contributed by atoms with Crippen molar-refractivity contribution >= 4 is 23.2 Å². The second kappa shape index (κ2) is 12.0. The number of carbonyl (C=O) groups is 1. The predicted molar refractivity (Wildman–Crippen MR) is 149 cm³/mol.